The van der Waals surface area contributed by atoms with Gasteiger partial charge in [0.2, 0.25) is 0 Å². The summed E-state index contributed by atoms with van der Waals surface area (Å²) in [4.78, 5) is 25.4. The molecule has 8 heteroatoms. The van der Waals surface area contributed by atoms with E-state index in [1.165, 1.54) is 0 Å². The minimum Gasteiger partial charge on any atom is -0.394 e. The Morgan fingerprint density at radius 2 is 2.19 bits per heavy atom. The first-order chi connectivity index (χ1) is 13.0. The zero-order valence-corrected chi connectivity index (χ0v) is 15.1. The van der Waals surface area contributed by atoms with Crippen LogP contribution in [0.2, 0.25) is 0 Å². The number of hydrogen-bond acceptors (Lipinski definition) is 6. The van der Waals surface area contributed by atoms with E-state index in [1.54, 1.807) is 55.6 Å². The number of amides is 1. The van der Waals surface area contributed by atoms with Gasteiger partial charge in [-0.1, -0.05) is 12.1 Å². The molecule has 1 amide bonds. The zero-order chi connectivity index (χ0) is 19.2. The van der Waals surface area contributed by atoms with Gasteiger partial charge < -0.3 is 10.4 Å². The lowest BCUT2D eigenvalue weighted by atomic mass is 10.2. The van der Waals surface area contributed by atoms with E-state index in [0.29, 0.717) is 17.1 Å². The molecule has 0 aliphatic heterocycles. The lowest BCUT2D eigenvalue weighted by Crippen LogP contribution is -2.35. The first kappa shape index (κ1) is 18.4. The van der Waals surface area contributed by atoms with E-state index < -0.39 is 0 Å². The molecule has 3 aromatic rings. The van der Waals surface area contributed by atoms with Crippen molar-refractivity contribution in [1.82, 2.24) is 30.0 Å². The largest absolute Gasteiger partial charge is 0.394 e. The second-order valence-corrected chi connectivity index (χ2v) is 6.08. The number of aryl methyl sites for hydroxylation is 1. The van der Waals surface area contributed by atoms with Gasteiger partial charge in [-0.3, -0.25) is 14.5 Å². The fourth-order valence-electron chi connectivity index (χ4n) is 2.33. The van der Waals surface area contributed by atoms with E-state index in [-0.39, 0.29) is 24.2 Å². The van der Waals surface area contributed by atoms with E-state index in [9.17, 15) is 4.79 Å². The molecule has 8 nitrogen and oxygen atoms in total. The molecule has 0 radical (unpaired) electrons. The first-order valence-corrected chi connectivity index (χ1v) is 8.43. The van der Waals surface area contributed by atoms with Crippen LogP contribution in [0.25, 0.3) is 23.5 Å². The Hall–Kier alpha value is -3.39. The topological polar surface area (TPSA) is 106 Å². The minimum absolute atomic E-state index is 0.153. The van der Waals surface area contributed by atoms with E-state index in [0.717, 1.165) is 5.56 Å². The molecule has 138 valence electrons. The molecule has 0 spiro atoms. The molecule has 0 aliphatic carbocycles. The Morgan fingerprint density at radius 1 is 1.33 bits per heavy atom. The van der Waals surface area contributed by atoms with Gasteiger partial charge in [0.25, 0.3) is 5.91 Å². The van der Waals surface area contributed by atoms with Crippen molar-refractivity contribution in [3.8, 4) is 11.4 Å². The van der Waals surface area contributed by atoms with Gasteiger partial charge in [-0.05, 0) is 30.7 Å². The third kappa shape index (κ3) is 4.83. The van der Waals surface area contributed by atoms with Gasteiger partial charge in [-0.15, -0.1) is 0 Å². The molecule has 0 unspecified atom stereocenters. The molecule has 3 heterocycles. The highest BCUT2D eigenvalue weighted by Gasteiger charge is 2.15. The van der Waals surface area contributed by atoms with Crippen LogP contribution in [0.5, 0.6) is 0 Å². The summed E-state index contributed by atoms with van der Waals surface area (Å²) in [5.74, 6) is 0.0263. The summed E-state index contributed by atoms with van der Waals surface area (Å²) >= 11 is 0. The Bertz CT molecular complexity index is 952. The molecule has 0 aromatic carbocycles. The zero-order valence-electron chi connectivity index (χ0n) is 15.1. The Kier molecular flexibility index (Phi) is 5.68. The van der Waals surface area contributed by atoms with Crippen molar-refractivity contribution in [1.29, 1.82) is 0 Å². The fourth-order valence-corrected chi connectivity index (χ4v) is 2.33. The summed E-state index contributed by atoms with van der Waals surface area (Å²) in [6, 6.07) is 4.99. The van der Waals surface area contributed by atoms with E-state index >= 15 is 0 Å². The molecule has 3 aromatic heterocycles. The lowest BCUT2D eigenvalue weighted by Gasteiger charge is -2.11. The average Bonchev–Trinajstić information content (AvgIpc) is 3.13. The van der Waals surface area contributed by atoms with Crippen molar-refractivity contribution in [2.75, 3.05) is 6.61 Å². The minimum atomic E-state index is -0.375. The van der Waals surface area contributed by atoms with Gasteiger partial charge in [-0.25, -0.2) is 9.97 Å². The average molecular weight is 364 g/mol. The molecule has 0 bridgehead atoms. The number of nitrogens with one attached hydrogen (secondary N) is 1. The van der Waals surface area contributed by atoms with Crippen LogP contribution in [0, 0.1) is 0 Å². The number of carbonyl (C=O) groups is 1. The normalized spacial score (nSPS) is 12.3. The molecule has 2 N–H and O–H groups in total. The van der Waals surface area contributed by atoms with Crippen LogP contribution in [0.1, 0.15) is 28.7 Å². The van der Waals surface area contributed by atoms with Crippen LogP contribution in [-0.2, 0) is 7.05 Å². The standard InChI is InChI=1S/C19H20N6O2/c1-13(12-26)22-19(27)17-8-16(6-5-14-4-3-7-20-9-14)23-18(24-17)15-10-21-25(2)11-15/h3-11,13,26H,12H2,1-2H3,(H,22,27)/b6-5+/t13-/m0/s1. The Morgan fingerprint density at radius 3 is 2.85 bits per heavy atom. The van der Waals surface area contributed by atoms with Gasteiger partial charge in [0.05, 0.1) is 24.1 Å². The van der Waals surface area contributed by atoms with E-state index in [2.05, 4.69) is 25.4 Å². The van der Waals surface area contributed by atoms with Crippen molar-refractivity contribution in [3.05, 3.63) is 59.9 Å². The summed E-state index contributed by atoms with van der Waals surface area (Å²) in [7, 11) is 1.80. The number of nitrogens with zero attached hydrogens (tertiary/aromatic N) is 5. The number of pyridine rings is 1. The monoisotopic (exact) mass is 364 g/mol. The highest BCUT2D eigenvalue weighted by molar-refractivity contribution is 5.93. The molecule has 0 saturated carbocycles. The van der Waals surface area contributed by atoms with Gasteiger partial charge in [0.15, 0.2) is 5.82 Å². The van der Waals surface area contributed by atoms with Crippen molar-refractivity contribution in [2.24, 2.45) is 7.05 Å². The molecule has 0 aliphatic rings. The van der Waals surface area contributed by atoms with Crippen molar-refractivity contribution < 1.29 is 9.90 Å². The molecule has 3 rings (SSSR count). The van der Waals surface area contributed by atoms with Gasteiger partial charge in [-0.2, -0.15) is 5.10 Å². The maximum Gasteiger partial charge on any atom is 0.270 e. The Labute approximate surface area is 156 Å². The van der Waals surface area contributed by atoms with E-state index in [1.807, 2.05) is 18.2 Å². The van der Waals surface area contributed by atoms with Crippen molar-refractivity contribution >= 4 is 18.1 Å². The number of hydrogen-bond donors (Lipinski definition) is 2. The molecule has 0 fully saturated rings. The third-order valence-electron chi connectivity index (χ3n) is 3.72. The molecular formula is C19H20N6O2. The Balaban J connectivity index is 1.97. The van der Waals surface area contributed by atoms with Crippen LogP contribution in [0.4, 0.5) is 0 Å². The first-order valence-electron chi connectivity index (χ1n) is 8.43. The summed E-state index contributed by atoms with van der Waals surface area (Å²) in [5, 5.41) is 16.0. The maximum absolute atomic E-state index is 12.5. The predicted molar refractivity (Wildman–Crippen MR) is 101 cm³/mol. The SMILES string of the molecule is C[C@@H](CO)NC(=O)c1cc(/C=C/c2cccnc2)nc(-c2cnn(C)c2)n1. The number of aliphatic hydroxyl groups is 1. The van der Waals surface area contributed by atoms with Gasteiger partial charge >= 0.3 is 0 Å². The van der Waals surface area contributed by atoms with Crippen molar-refractivity contribution in [2.45, 2.75) is 13.0 Å². The van der Waals surface area contributed by atoms with Crippen LogP contribution in [0.3, 0.4) is 0 Å². The van der Waals surface area contributed by atoms with Gasteiger partial charge in [0, 0.05) is 31.7 Å². The highest BCUT2D eigenvalue weighted by Crippen LogP contribution is 2.16. The second-order valence-electron chi connectivity index (χ2n) is 6.08. The summed E-state index contributed by atoms with van der Waals surface area (Å²) in [6.45, 7) is 1.56. The molecule has 1 atom stereocenters. The molecule has 27 heavy (non-hydrogen) atoms. The van der Waals surface area contributed by atoms with Crippen LogP contribution < -0.4 is 5.32 Å². The second kappa shape index (κ2) is 8.33. The number of aliphatic hydroxyl groups excluding tert-OH is 1. The highest BCUT2D eigenvalue weighted by atomic mass is 16.3. The number of rotatable bonds is 6. The van der Waals surface area contributed by atoms with Crippen molar-refractivity contribution in [3.63, 3.8) is 0 Å². The van der Waals surface area contributed by atoms with Crippen LogP contribution >= 0.6 is 0 Å². The molecular weight excluding hydrogens is 344 g/mol. The maximum atomic E-state index is 12.5. The predicted octanol–water partition coefficient (Wildman–Crippen LogP) is 1.55. The third-order valence-corrected chi connectivity index (χ3v) is 3.72. The summed E-state index contributed by atoms with van der Waals surface area (Å²) in [6.07, 6.45) is 10.5. The molecule has 0 saturated heterocycles. The summed E-state index contributed by atoms with van der Waals surface area (Å²) in [5.41, 5.74) is 2.42. The summed E-state index contributed by atoms with van der Waals surface area (Å²) < 4.78 is 1.64. The quantitative estimate of drug-likeness (QED) is 0.687. The number of aromatic nitrogens is 5. The van der Waals surface area contributed by atoms with Crippen LogP contribution in [0.15, 0.2) is 43.0 Å². The smallest absolute Gasteiger partial charge is 0.270 e. The van der Waals surface area contributed by atoms with E-state index in [4.69, 9.17) is 5.11 Å². The lowest BCUT2D eigenvalue weighted by molar-refractivity contribution is 0.0917. The van der Waals surface area contributed by atoms with Crippen LogP contribution in [-0.4, -0.2) is 48.4 Å². The van der Waals surface area contributed by atoms with Gasteiger partial charge in [0.1, 0.15) is 5.69 Å². The fraction of sp³-hybridized carbons (Fsp3) is 0.211. The number of carbonyl (C=O) groups excluding carboxylic acids is 1.